The van der Waals surface area contributed by atoms with Crippen LogP contribution in [0.5, 0.6) is 0 Å². The second-order valence-electron chi connectivity index (χ2n) is 7.36. The van der Waals surface area contributed by atoms with Crippen molar-refractivity contribution in [2.75, 3.05) is 26.3 Å². The fourth-order valence-corrected chi connectivity index (χ4v) is 4.14. The highest BCUT2D eigenvalue weighted by Gasteiger charge is 2.43. The Bertz CT molecular complexity index is 927. The number of aryl methyl sites for hydroxylation is 1. The van der Waals surface area contributed by atoms with Crippen LogP contribution < -0.4 is 5.32 Å². The maximum absolute atomic E-state index is 12.1. The molecule has 2 aromatic rings. The van der Waals surface area contributed by atoms with E-state index in [1.807, 2.05) is 22.8 Å². The Balaban J connectivity index is 1.67. The van der Waals surface area contributed by atoms with Crippen LogP contribution in [0.4, 0.5) is 0 Å². The van der Waals surface area contributed by atoms with Gasteiger partial charge in [0.1, 0.15) is 18.3 Å². The molecule has 8 heteroatoms. The number of aromatic nitrogens is 2. The number of rotatable bonds is 6. The van der Waals surface area contributed by atoms with Gasteiger partial charge in [0, 0.05) is 38.0 Å². The van der Waals surface area contributed by atoms with E-state index in [2.05, 4.69) is 11.4 Å². The quantitative estimate of drug-likeness (QED) is 0.745. The summed E-state index contributed by atoms with van der Waals surface area (Å²) in [6.07, 6.45) is 1.86. The molecule has 8 nitrogen and oxygen atoms in total. The first kappa shape index (κ1) is 19.8. The van der Waals surface area contributed by atoms with Crippen LogP contribution >= 0.6 is 0 Å². The topological polar surface area (TPSA) is 98.4 Å². The van der Waals surface area contributed by atoms with Gasteiger partial charge in [0.25, 0.3) is 0 Å². The highest BCUT2D eigenvalue weighted by atomic mass is 16.7. The minimum Gasteiger partial charge on any atom is -0.466 e. The third kappa shape index (κ3) is 3.99. The molecule has 29 heavy (non-hydrogen) atoms. The van der Waals surface area contributed by atoms with Crippen molar-refractivity contribution in [2.24, 2.45) is 0 Å². The minimum absolute atomic E-state index is 0.0744. The predicted octanol–water partition coefficient (Wildman–Crippen LogP) is 2.22. The van der Waals surface area contributed by atoms with Gasteiger partial charge in [-0.3, -0.25) is 4.79 Å². The van der Waals surface area contributed by atoms with Crippen LogP contribution in [0.2, 0.25) is 0 Å². The number of piperidine rings is 1. The van der Waals surface area contributed by atoms with Crippen molar-refractivity contribution in [3.63, 3.8) is 0 Å². The Hall–Kier alpha value is -2.47. The monoisotopic (exact) mass is 398 g/mol. The fourth-order valence-electron chi connectivity index (χ4n) is 4.14. The molecule has 2 aliphatic rings. The van der Waals surface area contributed by atoms with Gasteiger partial charge < -0.3 is 24.1 Å². The third-order valence-corrected chi connectivity index (χ3v) is 5.51. The van der Waals surface area contributed by atoms with Crippen molar-refractivity contribution in [3.8, 4) is 6.07 Å². The first-order valence-corrected chi connectivity index (χ1v) is 10.2. The Morgan fingerprint density at radius 3 is 3.03 bits per heavy atom. The number of para-hydroxylation sites is 1. The van der Waals surface area contributed by atoms with E-state index in [1.165, 1.54) is 0 Å². The number of fused-ring (bicyclic) bond motifs is 1. The molecule has 154 valence electrons. The average Bonchev–Trinajstić information content (AvgIpc) is 3.28. The van der Waals surface area contributed by atoms with Gasteiger partial charge in [-0.1, -0.05) is 12.1 Å². The molecule has 4 rings (SSSR count). The van der Waals surface area contributed by atoms with E-state index in [-0.39, 0.29) is 18.5 Å². The van der Waals surface area contributed by atoms with Crippen molar-refractivity contribution in [3.05, 3.63) is 29.6 Å². The second-order valence-corrected chi connectivity index (χ2v) is 7.36. The first-order chi connectivity index (χ1) is 14.2. The van der Waals surface area contributed by atoms with E-state index in [4.69, 9.17) is 24.5 Å². The summed E-state index contributed by atoms with van der Waals surface area (Å²) in [6, 6.07) is 8.11. The summed E-state index contributed by atoms with van der Waals surface area (Å²) in [4.78, 5) is 16.8. The molecule has 1 spiro atoms. The van der Waals surface area contributed by atoms with E-state index in [1.54, 1.807) is 6.92 Å². The van der Waals surface area contributed by atoms with Gasteiger partial charge in [0.15, 0.2) is 5.79 Å². The standard InChI is InChI=1S/C21H26N4O4/c1-2-27-19(26)13-18-24-20-15(5-3-6-16(20)25(18)12-4-9-22)17-14-28-21(29-17)7-10-23-11-8-21/h3,5-6,17,23H,2,4,7-8,10-14H2,1H3. The lowest BCUT2D eigenvalue weighted by atomic mass is 10.1. The molecule has 1 atom stereocenters. The Morgan fingerprint density at radius 1 is 1.45 bits per heavy atom. The summed E-state index contributed by atoms with van der Waals surface area (Å²) in [7, 11) is 0. The number of carbonyl (C=O) groups excluding carboxylic acids is 1. The number of imidazole rings is 1. The zero-order valence-corrected chi connectivity index (χ0v) is 16.6. The lowest BCUT2D eigenvalue weighted by Gasteiger charge is -2.32. The van der Waals surface area contributed by atoms with Crippen molar-refractivity contribution in [1.82, 2.24) is 14.9 Å². The molecular formula is C21H26N4O4. The molecule has 0 amide bonds. The number of nitrogens with one attached hydrogen (secondary N) is 1. The molecule has 3 heterocycles. The van der Waals surface area contributed by atoms with Crippen LogP contribution in [0.25, 0.3) is 11.0 Å². The molecule has 1 unspecified atom stereocenters. The van der Waals surface area contributed by atoms with E-state index >= 15 is 0 Å². The highest BCUT2D eigenvalue weighted by molar-refractivity contribution is 5.82. The second kappa shape index (κ2) is 8.49. The average molecular weight is 398 g/mol. The van der Waals surface area contributed by atoms with E-state index in [0.29, 0.717) is 32.0 Å². The number of nitrogens with zero attached hydrogens (tertiary/aromatic N) is 3. The molecule has 2 aliphatic heterocycles. The largest absolute Gasteiger partial charge is 0.466 e. The number of nitriles is 1. The van der Waals surface area contributed by atoms with Crippen LogP contribution in [0.3, 0.4) is 0 Å². The van der Waals surface area contributed by atoms with E-state index in [0.717, 1.165) is 42.5 Å². The summed E-state index contributed by atoms with van der Waals surface area (Å²) in [5.41, 5.74) is 2.65. The molecule has 2 fully saturated rings. The van der Waals surface area contributed by atoms with Gasteiger partial charge in [-0.2, -0.15) is 5.26 Å². The van der Waals surface area contributed by atoms with E-state index in [9.17, 15) is 4.79 Å². The third-order valence-electron chi connectivity index (χ3n) is 5.51. The Kier molecular flexibility index (Phi) is 5.81. The van der Waals surface area contributed by atoms with Gasteiger partial charge in [0.2, 0.25) is 0 Å². The first-order valence-electron chi connectivity index (χ1n) is 10.2. The van der Waals surface area contributed by atoms with Gasteiger partial charge in [-0.05, 0) is 13.0 Å². The molecule has 0 aliphatic carbocycles. The molecule has 2 saturated heterocycles. The molecule has 1 aromatic carbocycles. The summed E-state index contributed by atoms with van der Waals surface area (Å²) in [5.74, 6) is -0.233. The predicted molar refractivity (Wildman–Crippen MR) is 105 cm³/mol. The van der Waals surface area contributed by atoms with Crippen LogP contribution in [-0.2, 0) is 32.0 Å². The zero-order valence-electron chi connectivity index (χ0n) is 16.6. The fraction of sp³-hybridized carbons (Fsp3) is 0.571. The van der Waals surface area contributed by atoms with Crippen LogP contribution in [0, 0.1) is 11.3 Å². The van der Waals surface area contributed by atoms with Gasteiger partial charge in [0.05, 0.1) is 36.7 Å². The van der Waals surface area contributed by atoms with Gasteiger partial charge in [-0.25, -0.2) is 4.98 Å². The van der Waals surface area contributed by atoms with Crippen molar-refractivity contribution in [1.29, 1.82) is 5.26 Å². The smallest absolute Gasteiger partial charge is 0.313 e. The van der Waals surface area contributed by atoms with Crippen LogP contribution in [0.15, 0.2) is 18.2 Å². The lowest BCUT2D eigenvalue weighted by Crippen LogP contribution is -2.42. The minimum atomic E-state index is -0.519. The normalized spacial score (nSPS) is 20.8. The van der Waals surface area contributed by atoms with Crippen molar-refractivity contribution in [2.45, 2.75) is 51.0 Å². The molecule has 0 radical (unpaired) electrons. The SMILES string of the molecule is CCOC(=O)Cc1nc2c(C3COC4(CCNCC4)O3)cccc2n1CCC#N. The summed E-state index contributed by atoms with van der Waals surface area (Å²) in [5, 5.41) is 12.4. The van der Waals surface area contributed by atoms with Crippen molar-refractivity contribution < 1.29 is 19.0 Å². The Morgan fingerprint density at radius 2 is 2.28 bits per heavy atom. The number of carbonyl (C=O) groups is 1. The number of benzene rings is 1. The van der Waals surface area contributed by atoms with Crippen LogP contribution in [-0.4, -0.2) is 47.6 Å². The van der Waals surface area contributed by atoms with Gasteiger partial charge in [-0.15, -0.1) is 0 Å². The Labute approximate surface area is 169 Å². The summed E-state index contributed by atoms with van der Waals surface area (Å²) in [6.45, 7) is 4.82. The molecule has 0 bridgehead atoms. The van der Waals surface area contributed by atoms with Gasteiger partial charge >= 0.3 is 5.97 Å². The maximum Gasteiger partial charge on any atom is 0.313 e. The maximum atomic E-state index is 12.1. The lowest BCUT2D eigenvalue weighted by molar-refractivity contribution is -0.183. The molecule has 1 aromatic heterocycles. The molecule has 0 saturated carbocycles. The highest BCUT2D eigenvalue weighted by Crippen LogP contribution is 2.40. The summed E-state index contributed by atoms with van der Waals surface area (Å²) >= 11 is 0. The number of esters is 1. The zero-order chi connectivity index (χ0) is 20.3. The number of hydrogen-bond donors (Lipinski definition) is 1. The van der Waals surface area contributed by atoms with E-state index < -0.39 is 5.79 Å². The molecule has 1 N–H and O–H groups in total. The van der Waals surface area contributed by atoms with Crippen LogP contribution in [0.1, 0.15) is 43.7 Å². The number of ether oxygens (including phenoxy) is 3. The summed E-state index contributed by atoms with van der Waals surface area (Å²) < 4.78 is 19.5. The number of hydrogen-bond acceptors (Lipinski definition) is 7. The van der Waals surface area contributed by atoms with Crippen molar-refractivity contribution >= 4 is 17.0 Å². The molecular weight excluding hydrogens is 372 g/mol.